The molecule has 98 valence electrons. The van der Waals surface area contributed by atoms with E-state index in [1.54, 1.807) is 0 Å². The van der Waals surface area contributed by atoms with Gasteiger partial charge in [-0.05, 0) is 30.7 Å². The maximum atomic E-state index is 12.1. The molecule has 1 aromatic rings. The Morgan fingerprint density at radius 1 is 1.28 bits per heavy atom. The highest BCUT2D eigenvalue weighted by atomic mass is 35.5. The predicted octanol–water partition coefficient (Wildman–Crippen LogP) is 3.41. The average molecular weight is 266 g/mol. The number of likely N-dealkylation sites (tertiary alicyclic amines) is 1. The van der Waals surface area contributed by atoms with Crippen molar-refractivity contribution in [2.45, 2.75) is 37.5 Å². The Morgan fingerprint density at radius 3 is 2.50 bits per heavy atom. The van der Waals surface area contributed by atoms with Gasteiger partial charge in [0, 0.05) is 13.1 Å². The minimum Gasteiger partial charge on any atom is -0.341 e. The molecule has 2 atom stereocenters. The van der Waals surface area contributed by atoms with E-state index in [1.807, 2.05) is 23.1 Å². The van der Waals surface area contributed by atoms with Crippen LogP contribution in [0.25, 0.3) is 0 Å². The maximum absolute atomic E-state index is 12.1. The van der Waals surface area contributed by atoms with Gasteiger partial charge in [-0.15, -0.1) is 11.6 Å². The lowest BCUT2D eigenvalue weighted by Gasteiger charge is -2.21. The number of hydrogen-bond donors (Lipinski definition) is 0. The van der Waals surface area contributed by atoms with E-state index in [0.29, 0.717) is 12.3 Å². The first-order valence-corrected chi connectivity index (χ1v) is 7.10. The molecule has 0 spiro atoms. The largest absolute Gasteiger partial charge is 0.341 e. The molecule has 3 heteroatoms. The van der Waals surface area contributed by atoms with Crippen LogP contribution in [-0.2, 0) is 4.79 Å². The van der Waals surface area contributed by atoms with Crippen molar-refractivity contribution in [3.05, 3.63) is 35.9 Å². The number of rotatable bonds is 4. The maximum Gasteiger partial charge on any atom is 0.240 e. The SMILES string of the molecule is CC(CC(Cl)C(=O)N1CCCC1)c1ccccc1. The lowest BCUT2D eigenvalue weighted by molar-refractivity contribution is -0.129. The molecule has 2 rings (SSSR count). The van der Waals surface area contributed by atoms with Crippen molar-refractivity contribution >= 4 is 17.5 Å². The molecular weight excluding hydrogens is 246 g/mol. The minimum atomic E-state index is -0.390. The third kappa shape index (κ3) is 3.26. The molecule has 2 nitrogen and oxygen atoms in total. The minimum absolute atomic E-state index is 0.108. The van der Waals surface area contributed by atoms with Crippen LogP contribution in [0.1, 0.15) is 37.7 Å². The summed E-state index contributed by atoms with van der Waals surface area (Å²) in [6.07, 6.45) is 2.94. The van der Waals surface area contributed by atoms with Gasteiger partial charge >= 0.3 is 0 Å². The van der Waals surface area contributed by atoms with E-state index in [0.717, 1.165) is 25.9 Å². The molecule has 1 fully saturated rings. The van der Waals surface area contributed by atoms with Crippen LogP contribution in [0.5, 0.6) is 0 Å². The fraction of sp³-hybridized carbons (Fsp3) is 0.533. The van der Waals surface area contributed by atoms with Crippen LogP contribution in [0.4, 0.5) is 0 Å². The number of benzene rings is 1. The van der Waals surface area contributed by atoms with Crippen molar-refractivity contribution in [2.24, 2.45) is 0 Å². The molecule has 18 heavy (non-hydrogen) atoms. The van der Waals surface area contributed by atoms with E-state index in [9.17, 15) is 4.79 Å². The fourth-order valence-electron chi connectivity index (χ4n) is 2.46. The number of amides is 1. The van der Waals surface area contributed by atoms with Gasteiger partial charge < -0.3 is 4.90 Å². The summed E-state index contributed by atoms with van der Waals surface area (Å²) >= 11 is 6.26. The third-order valence-electron chi connectivity index (χ3n) is 3.61. The molecule has 0 aliphatic carbocycles. The van der Waals surface area contributed by atoms with Crippen molar-refractivity contribution in [3.8, 4) is 0 Å². The first-order chi connectivity index (χ1) is 8.68. The zero-order chi connectivity index (χ0) is 13.0. The number of carbonyl (C=O) groups excluding carboxylic acids is 1. The Morgan fingerprint density at radius 2 is 1.89 bits per heavy atom. The third-order valence-corrected chi connectivity index (χ3v) is 3.98. The molecule has 2 unspecified atom stereocenters. The van der Waals surface area contributed by atoms with E-state index < -0.39 is 5.38 Å². The van der Waals surface area contributed by atoms with Crippen LogP contribution < -0.4 is 0 Å². The Labute approximate surface area is 114 Å². The van der Waals surface area contributed by atoms with Crippen molar-refractivity contribution in [3.63, 3.8) is 0 Å². The van der Waals surface area contributed by atoms with Crippen LogP contribution in [-0.4, -0.2) is 29.3 Å². The lowest BCUT2D eigenvalue weighted by Crippen LogP contribution is -2.35. The van der Waals surface area contributed by atoms with E-state index in [2.05, 4.69) is 19.1 Å². The van der Waals surface area contributed by atoms with Gasteiger partial charge in [-0.1, -0.05) is 37.3 Å². The number of hydrogen-bond acceptors (Lipinski definition) is 1. The van der Waals surface area contributed by atoms with Crippen LogP contribution >= 0.6 is 11.6 Å². The monoisotopic (exact) mass is 265 g/mol. The molecule has 0 saturated carbocycles. The summed E-state index contributed by atoms with van der Waals surface area (Å²) < 4.78 is 0. The number of halogens is 1. The molecule has 1 amide bonds. The Bertz CT molecular complexity index is 387. The van der Waals surface area contributed by atoms with Crippen molar-refractivity contribution in [1.82, 2.24) is 4.90 Å². The van der Waals surface area contributed by atoms with Gasteiger partial charge in [0.25, 0.3) is 0 Å². The molecule has 0 aromatic heterocycles. The molecule has 0 radical (unpaired) electrons. The second kappa shape index (κ2) is 6.24. The zero-order valence-corrected chi connectivity index (χ0v) is 11.6. The quantitative estimate of drug-likeness (QED) is 0.764. The summed E-state index contributed by atoms with van der Waals surface area (Å²) in [4.78, 5) is 14.0. The molecule has 0 N–H and O–H groups in total. The lowest BCUT2D eigenvalue weighted by atomic mass is 9.96. The van der Waals surface area contributed by atoms with Crippen LogP contribution in [0.15, 0.2) is 30.3 Å². The summed E-state index contributed by atoms with van der Waals surface area (Å²) in [5.74, 6) is 0.428. The van der Waals surface area contributed by atoms with Gasteiger partial charge in [-0.2, -0.15) is 0 Å². The number of carbonyl (C=O) groups is 1. The van der Waals surface area contributed by atoms with Gasteiger partial charge in [0.2, 0.25) is 5.91 Å². The summed E-state index contributed by atoms with van der Waals surface area (Å²) in [6.45, 7) is 3.88. The summed E-state index contributed by atoms with van der Waals surface area (Å²) in [5, 5.41) is -0.390. The zero-order valence-electron chi connectivity index (χ0n) is 10.8. The smallest absolute Gasteiger partial charge is 0.240 e. The normalized spacial score (nSPS) is 18.7. The highest BCUT2D eigenvalue weighted by Crippen LogP contribution is 2.24. The van der Waals surface area contributed by atoms with E-state index in [4.69, 9.17) is 11.6 Å². The van der Waals surface area contributed by atoms with Gasteiger partial charge in [0.05, 0.1) is 0 Å². The molecular formula is C15H20ClNO. The Kier molecular flexibility index (Phi) is 4.65. The molecule has 0 bridgehead atoms. The summed E-state index contributed by atoms with van der Waals surface area (Å²) in [5.41, 5.74) is 1.25. The van der Waals surface area contributed by atoms with E-state index in [1.165, 1.54) is 5.56 Å². The highest BCUT2D eigenvalue weighted by molar-refractivity contribution is 6.30. The van der Waals surface area contributed by atoms with Gasteiger partial charge in [0.15, 0.2) is 0 Å². The summed E-state index contributed by atoms with van der Waals surface area (Å²) in [6, 6.07) is 10.2. The number of alkyl halides is 1. The Hall–Kier alpha value is -1.02. The van der Waals surface area contributed by atoms with Crippen molar-refractivity contribution in [2.75, 3.05) is 13.1 Å². The van der Waals surface area contributed by atoms with Crippen LogP contribution in [0.3, 0.4) is 0 Å². The standard InChI is InChI=1S/C15H20ClNO/c1-12(13-7-3-2-4-8-13)11-14(16)15(18)17-9-5-6-10-17/h2-4,7-8,12,14H,5-6,9-11H2,1H3. The first-order valence-electron chi connectivity index (χ1n) is 6.66. The second-order valence-corrected chi connectivity index (χ2v) is 5.57. The average Bonchev–Trinajstić information content (AvgIpc) is 2.92. The predicted molar refractivity (Wildman–Crippen MR) is 74.9 cm³/mol. The van der Waals surface area contributed by atoms with Crippen LogP contribution in [0.2, 0.25) is 0 Å². The van der Waals surface area contributed by atoms with Gasteiger partial charge in [-0.3, -0.25) is 4.79 Å². The number of nitrogens with zero attached hydrogens (tertiary/aromatic N) is 1. The Balaban J connectivity index is 1.90. The topological polar surface area (TPSA) is 20.3 Å². The van der Waals surface area contributed by atoms with Gasteiger partial charge in [0.1, 0.15) is 5.38 Å². The fourth-order valence-corrected chi connectivity index (χ4v) is 2.87. The first kappa shape index (κ1) is 13.4. The summed E-state index contributed by atoms with van der Waals surface area (Å²) in [7, 11) is 0. The van der Waals surface area contributed by atoms with Crippen molar-refractivity contribution in [1.29, 1.82) is 0 Å². The van der Waals surface area contributed by atoms with E-state index >= 15 is 0 Å². The molecule has 1 aliphatic rings. The molecule has 1 aromatic carbocycles. The van der Waals surface area contributed by atoms with E-state index in [-0.39, 0.29) is 5.91 Å². The van der Waals surface area contributed by atoms with Crippen molar-refractivity contribution < 1.29 is 4.79 Å². The molecule has 1 aliphatic heterocycles. The molecule has 1 saturated heterocycles. The highest BCUT2D eigenvalue weighted by Gasteiger charge is 2.26. The second-order valence-electron chi connectivity index (χ2n) is 5.05. The van der Waals surface area contributed by atoms with Crippen LogP contribution in [0, 0.1) is 0 Å². The molecule has 1 heterocycles. The van der Waals surface area contributed by atoms with Gasteiger partial charge in [-0.25, -0.2) is 0 Å².